The van der Waals surface area contributed by atoms with Crippen LogP contribution >= 0.6 is 0 Å². The molecule has 142 heavy (non-hydrogen) atoms. The van der Waals surface area contributed by atoms with Crippen LogP contribution in [0.5, 0.6) is 0 Å². The van der Waals surface area contributed by atoms with Gasteiger partial charge in [-0.05, 0) is 186 Å². The highest BCUT2D eigenvalue weighted by molar-refractivity contribution is 6.03. The Morgan fingerprint density at radius 1 is 0.380 bits per heavy atom. The lowest BCUT2D eigenvalue weighted by Crippen LogP contribution is -2.46. The average Bonchev–Trinajstić information content (AvgIpc) is 0.764. The lowest BCUT2D eigenvalue weighted by molar-refractivity contribution is -0.122. The molecule has 28 heteroatoms. The number of Topliss-reactive ketones (excluding diaryl/α,β-unsaturated/α-hetero) is 5. The van der Waals surface area contributed by atoms with Crippen molar-refractivity contribution in [2.24, 2.45) is 47.3 Å². The quantitative estimate of drug-likeness (QED) is 0.0908. The highest BCUT2D eigenvalue weighted by Crippen LogP contribution is 2.57. The Bertz CT molecular complexity index is 8060. The van der Waals surface area contributed by atoms with Crippen LogP contribution in [0.1, 0.15) is 150 Å². The number of aromatic nitrogens is 13. The second-order valence-corrected chi connectivity index (χ2v) is 38.7. The van der Waals surface area contributed by atoms with Gasteiger partial charge in [0.2, 0.25) is 40.3 Å². The number of ketones is 5. The Kier molecular flexibility index (Phi) is 24.7. The van der Waals surface area contributed by atoms with Crippen molar-refractivity contribution in [3.63, 3.8) is 0 Å². The number of nitrogens with zero attached hydrogens (tertiary/aromatic N) is 17. The number of rotatable bonds is 10. The molecule has 8 aliphatic carbocycles. The van der Waals surface area contributed by atoms with Gasteiger partial charge in [0.15, 0.2) is 40.6 Å². The van der Waals surface area contributed by atoms with Crippen molar-refractivity contribution in [2.45, 2.75) is 156 Å². The molecule has 0 fully saturated rings. The van der Waals surface area contributed by atoms with Gasteiger partial charge in [0.1, 0.15) is 34.9 Å². The fourth-order valence-electron chi connectivity index (χ4n) is 23.1. The van der Waals surface area contributed by atoms with Gasteiger partial charge in [0.05, 0.1) is 82.9 Å². The van der Waals surface area contributed by atoms with Crippen molar-refractivity contribution in [3.8, 4) is 90.8 Å². The summed E-state index contributed by atoms with van der Waals surface area (Å²) in [5.74, 6) is -1.82. The van der Waals surface area contributed by atoms with E-state index in [0.29, 0.717) is 158 Å². The first-order valence-corrected chi connectivity index (χ1v) is 47.1. The first-order chi connectivity index (χ1) is 68.2. The van der Waals surface area contributed by atoms with Gasteiger partial charge in [0, 0.05) is 161 Å². The number of carbonyl (C=O) groups excluding carboxylic acids is 5. The summed E-state index contributed by atoms with van der Waals surface area (Å²) < 4.78 is 79.2. The lowest BCUT2D eigenvalue weighted by atomic mass is 9.58. The molecule has 22 rings (SSSR count). The molecule has 14 aromatic rings. The predicted octanol–water partition coefficient (Wildman–Crippen LogP) is 22.9. The van der Waals surface area contributed by atoms with Crippen molar-refractivity contribution >= 4 is 50.7 Å². The second kappa shape index (κ2) is 37.1. The van der Waals surface area contributed by atoms with Crippen LogP contribution in [0.2, 0.25) is 0 Å². The Hall–Kier alpha value is -16.3. The van der Waals surface area contributed by atoms with E-state index in [1.165, 1.54) is 43.3 Å². The third kappa shape index (κ3) is 16.4. The van der Waals surface area contributed by atoms with Crippen molar-refractivity contribution in [1.82, 2.24) is 65.0 Å². The molecule has 12 atom stereocenters. The summed E-state index contributed by atoms with van der Waals surface area (Å²) in [6.45, 7) is 51.1. The van der Waals surface area contributed by atoms with Crippen molar-refractivity contribution in [1.29, 1.82) is 0 Å². The normalized spacial score (nSPS) is 23.1. The van der Waals surface area contributed by atoms with E-state index in [1.807, 2.05) is 79.7 Å². The molecule has 6 aromatic carbocycles. The number of halogens is 5. The minimum Gasteiger partial charge on any atom is -0.339 e. The molecule has 8 aromatic heterocycles. The summed E-state index contributed by atoms with van der Waals surface area (Å²) in [4.78, 5) is 134. The molecule has 704 valence electrons. The van der Waals surface area contributed by atoms with Crippen molar-refractivity contribution < 1.29 is 50.4 Å². The minimum absolute atomic E-state index is 0.00826. The number of hydrogen-bond donors (Lipinski definition) is 0. The monoisotopic (exact) mass is 1890 g/mol. The maximum Gasteiger partial charge on any atom is 0.240 e. The summed E-state index contributed by atoms with van der Waals surface area (Å²) in [5.41, 5.74) is 12.7. The molecule has 8 aliphatic rings. The van der Waals surface area contributed by atoms with Gasteiger partial charge in [-0.25, -0.2) is 81.2 Å². The summed E-state index contributed by atoms with van der Waals surface area (Å²) >= 11 is 0. The summed E-state index contributed by atoms with van der Waals surface area (Å²) in [7, 11) is 0. The first kappa shape index (κ1) is 94.6. The van der Waals surface area contributed by atoms with Crippen LogP contribution in [0.15, 0.2) is 228 Å². The van der Waals surface area contributed by atoms with E-state index >= 15 is 13.2 Å². The number of carbonyl (C=O) groups is 5. The first-order valence-electron chi connectivity index (χ1n) is 47.1. The average molecular weight is 1890 g/mol. The number of hydrogen-bond acceptors (Lipinski definition) is 19. The van der Waals surface area contributed by atoms with E-state index < -0.39 is 33.3 Å². The highest BCUT2D eigenvalue weighted by atomic mass is 19.1. The van der Waals surface area contributed by atoms with Crippen LogP contribution in [0.4, 0.5) is 22.0 Å². The molecule has 23 nitrogen and oxygen atoms in total. The Morgan fingerprint density at radius 3 is 1.11 bits per heavy atom. The number of pyridine rings is 3. The van der Waals surface area contributed by atoms with Crippen LogP contribution in [0, 0.1) is 117 Å². The molecule has 0 unspecified atom stereocenters. The molecule has 0 radical (unpaired) electrons. The van der Waals surface area contributed by atoms with Crippen molar-refractivity contribution in [2.75, 3.05) is 0 Å². The number of benzene rings is 6. The molecule has 0 N–H and O–H groups in total. The number of allylic oxidation sites excluding steroid dienone is 8. The molecule has 0 amide bonds. The van der Waals surface area contributed by atoms with Crippen LogP contribution in [-0.4, -0.2) is 93.9 Å². The van der Waals surface area contributed by atoms with Gasteiger partial charge in [-0.1, -0.05) is 145 Å². The van der Waals surface area contributed by atoms with E-state index in [0.717, 1.165) is 56.4 Å². The van der Waals surface area contributed by atoms with E-state index in [-0.39, 0.29) is 135 Å². The van der Waals surface area contributed by atoms with E-state index in [1.54, 1.807) is 141 Å². The molecule has 8 heterocycles. The van der Waals surface area contributed by atoms with Crippen LogP contribution in [0.3, 0.4) is 0 Å². The zero-order chi connectivity index (χ0) is 100. The minimum atomic E-state index is -0.715. The van der Waals surface area contributed by atoms with Gasteiger partial charge in [-0.2, -0.15) is 4.98 Å². The summed E-state index contributed by atoms with van der Waals surface area (Å²) in [6.07, 6.45) is 17.4. The zero-order valence-electron chi connectivity index (χ0n) is 79.5. The largest absolute Gasteiger partial charge is 0.339 e. The fourth-order valence-corrected chi connectivity index (χ4v) is 23.1. The van der Waals surface area contributed by atoms with E-state index in [9.17, 15) is 32.8 Å². The highest BCUT2D eigenvalue weighted by Gasteiger charge is 2.55. The lowest BCUT2D eigenvalue weighted by Gasteiger charge is -2.46. The van der Waals surface area contributed by atoms with Gasteiger partial charge in [-0.3, -0.25) is 19.7 Å². The molecule has 0 saturated carbocycles. The van der Waals surface area contributed by atoms with Crippen LogP contribution in [-0.2, 0) is 77.7 Å². The molecule has 0 aliphatic heterocycles. The zero-order valence-corrected chi connectivity index (χ0v) is 79.5. The predicted molar refractivity (Wildman–Crippen MR) is 524 cm³/mol. The van der Waals surface area contributed by atoms with Crippen LogP contribution < -0.4 is 0 Å². The van der Waals surface area contributed by atoms with Gasteiger partial charge in [0.25, 0.3) is 0 Å². The third-order valence-corrected chi connectivity index (χ3v) is 30.1. The molecular weight excluding hydrogens is 1800 g/mol. The Labute approximate surface area is 815 Å². The fraction of sp³-hybridized carbons (Fsp3) is 0.281. The topological polar surface area (TPSA) is 283 Å². The molecule has 0 bridgehead atoms. The SMILES string of the molecule is [C-]#[N+]C1=C[C@@]2(C)c3nc(-c4ccnc(CC(C)=O)c4)nc(-c4ccccc4F)c3CC[C@@H]2[C@@H](C)C1=O.[C-]#[N+]C1=C[C@@]2(C)c3nc(-c4ccnc5cc(F)ccc45)nc(-c4ccccc4F)c3CC[C@@H]2[C@@H](C)C1=O.[C-]#[N+]C1=C[C@@]2(C)c3nc(-c4ccnc5ccc(C)cc45)nc(-c4ccccc4F)c3CC[C@@H]2[C@@H](C)C1=O.[C-]#[N+]C1=C[C@@]2(C)c3nc(-c4noc(C)n4)nc(-c4ccccc4F)c3CC[C@@H]2[C@@H](C)C1=O. The van der Waals surface area contributed by atoms with Gasteiger partial charge in [-0.15, -0.1) is 0 Å². The summed E-state index contributed by atoms with van der Waals surface area (Å²) in [6, 6.07) is 43.8. The number of fused-ring (bicyclic) bond motifs is 14. The van der Waals surface area contributed by atoms with Crippen molar-refractivity contribution in [3.05, 3.63) is 360 Å². The van der Waals surface area contributed by atoms with Gasteiger partial charge >= 0.3 is 0 Å². The van der Waals surface area contributed by atoms with E-state index in [4.69, 9.17) is 65.7 Å². The summed E-state index contributed by atoms with van der Waals surface area (Å²) in [5, 5.41) is 5.55. The van der Waals surface area contributed by atoms with Crippen LogP contribution in [0.25, 0.3) is 132 Å². The number of aryl methyl sites for hydroxylation is 2. The second-order valence-electron chi connectivity index (χ2n) is 38.7. The maximum atomic E-state index is 15.2. The standard InChI is InChI=1S/C31H25FN4O.C30H22F2N4O.C29H25FN4O2.C24H20FN5O2/c1-17-9-12-25-22(15-17)19(13-14-34-25)30-35-27(20-7-5-6-8-24(20)32)21-10-11-23-18(2)28(37)26(33-4)16-31(23,3)29(21)36-30;1-16-22-11-10-21-26(20-6-4-5-7-23(20)32)35-29(19-12-13-34-24-14-17(31)8-9-18(19)24)36-28(21)30(22,2)15-25(33-3)27(16)37;1-16(35)13-19-14-18(11-12-32-19)28-33-25(20-7-5-6-8-23(20)30)21-9-10-22-17(2)26(36)24(31-4)15-29(22,3)27(21)34-28;1-12-16-10-9-15-19(14-7-5-6-8-17(14)25)28-22(23-27-13(2)32-30-23)29-21(15)24(16,3)11-18(26-4)20(12)31/h5-9,12-16,18,23H,10-11H2,1-3H3;4-9,12-16,22H,10-11H2,1-2H3;5-8,11-12,14-15,17,22H,9-10,13H2,1-3H3;5-8,11-12,16H,9-10H2,1-3H3/t18-,23-,31-;16-,22-,30-;17-,22-,29-;12-,16-,24-/m1111/s1. The maximum absolute atomic E-state index is 15.2. The molecule has 0 saturated heterocycles. The Morgan fingerprint density at radius 2 is 0.732 bits per heavy atom. The third-order valence-electron chi connectivity index (χ3n) is 30.1. The van der Waals surface area contributed by atoms with E-state index in [2.05, 4.69) is 62.4 Å². The smallest absolute Gasteiger partial charge is 0.240 e. The molecular formula is C114H92F5N17O6. The Balaban J connectivity index is 0.000000120. The molecule has 0 spiro atoms. The van der Waals surface area contributed by atoms with Gasteiger partial charge < -0.3 is 23.7 Å².